The number of rotatable bonds is 5. The van der Waals surface area contributed by atoms with Crippen molar-refractivity contribution in [3.63, 3.8) is 0 Å². The van der Waals surface area contributed by atoms with E-state index in [4.69, 9.17) is 9.47 Å². The number of aryl methyl sites for hydroxylation is 2. The highest BCUT2D eigenvalue weighted by atomic mass is 32.2. The molecule has 3 aromatic rings. The number of aromatic nitrogens is 4. The normalized spacial score (nSPS) is 16.3. The molecule has 0 unspecified atom stereocenters. The molecule has 0 atom stereocenters. The minimum Gasteiger partial charge on any atom is -0.454 e. The molecular formula is C21H18N6O5S. The number of benzene rings is 1. The van der Waals surface area contributed by atoms with Crippen molar-refractivity contribution in [1.82, 2.24) is 29.8 Å². The van der Waals surface area contributed by atoms with Gasteiger partial charge in [-0.05, 0) is 55.4 Å². The predicted octanol–water partition coefficient (Wildman–Crippen LogP) is 1.94. The Balaban J connectivity index is 1.22. The van der Waals surface area contributed by atoms with E-state index in [0.717, 1.165) is 33.6 Å². The fourth-order valence-corrected chi connectivity index (χ4v) is 4.33. The summed E-state index contributed by atoms with van der Waals surface area (Å²) in [7, 11) is 0. The highest BCUT2D eigenvalue weighted by Crippen LogP contribution is 2.36. The van der Waals surface area contributed by atoms with E-state index in [-0.39, 0.29) is 25.7 Å². The molecule has 2 aliphatic heterocycles. The number of ether oxygens (including phenoxy) is 2. The van der Waals surface area contributed by atoms with E-state index in [0.29, 0.717) is 22.2 Å². The van der Waals surface area contributed by atoms with E-state index in [2.05, 4.69) is 20.4 Å². The maximum Gasteiger partial charge on any atom is 0.293 e. The zero-order valence-electron chi connectivity index (χ0n) is 17.7. The molecule has 1 fully saturated rings. The fraction of sp³-hybridized carbons (Fsp3) is 0.238. The lowest BCUT2D eigenvalue weighted by Crippen LogP contribution is -2.37. The van der Waals surface area contributed by atoms with Crippen LogP contribution in [0, 0.1) is 13.8 Å². The molecule has 1 saturated heterocycles. The van der Waals surface area contributed by atoms with Crippen molar-refractivity contribution in [3.8, 4) is 11.5 Å². The Morgan fingerprint density at radius 3 is 2.85 bits per heavy atom. The van der Waals surface area contributed by atoms with Crippen molar-refractivity contribution < 1.29 is 23.9 Å². The molecule has 2 aromatic heterocycles. The lowest BCUT2D eigenvalue weighted by atomic mass is 10.2. The van der Waals surface area contributed by atoms with Crippen molar-refractivity contribution in [1.29, 1.82) is 0 Å². The third kappa shape index (κ3) is 4.00. The van der Waals surface area contributed by atoms with E-state index < -0.39 is 17.1 Å². The van der Waals surface area contributed by atoms with Gasteiger partial charge >= 0.3 is 0 Å². The summed E-state index contributed by atoms with van der Waals surface area (Å²) in [5, 5.41) is 6.41. The van der Waals surface area contributed by atoms with Gasteiger partial charge in [0.05, 0.1) is 4.91 Å². The van der Waals surface area contributed by atoms with Crippen LogP contribution in [0.1, 0.15) is 27.6 Å². The average Bonchev–Trinajstić information content (AvgIpc) is 3.47. The number of nitrogens with zero attached hydrogens (tertiary/aromatic N) is 5. The van der Waals surface area contributed by atoms with Gasteiger partial charge in [0.15, 0.2) is 11.5 Å². The summed E-state index contributed by atoms with van der Waals surface area (Å²) in [5.74, 6) is 0.591. The summed E-state index contributed by atoms with van der Waals surface area (Å²) < 4.78 is 12.1. The summed E-state index contributed by atoms with van der Waals surface area (Å²) in [6.45, 7) is 3.92. The van der Waals surface area contributed by atoms with E-state index in [1.54, 1.807) is 24.3 Å². The molecule has 168 valence electrons. The van der Waals surface area contributed by atoms with Crippen molar-refractivity contribution >= 4 is 40.7 Å². The van der Waals surface area contributed by atoms with Crippen molar-refractivity contribution in [2.75, 3.05) is 19.9 Å². The number of nitrogens with one attached hydrogen (secondary N) is 1. The molecule has 2 aliphatic rings. The van der Waals surface area contributed by atoms with E-state index in [1.165, 1.54) is 4.52 Å². The Morgan fingerprint density at radius 2 is 2.00 bits per heavy atom. The maximum absolute atomic E-state index is 12.7. The summed E-state index contributed by atoms with van der Waals surface area (Å²) in [6, 6.07) is 7.11. The highest BCUT2D eigenvalue weighted by Gasteiger charge is 2.34. The minimum absolute atomic E-state index is 0.0264. The first-order valence-corrected chi connectivity index (χ1v) is 10.8. The summed E-state index contributed by atoms with van der Waals surface area (Å²) in [4.78, 5) is 47.3. The third-order valence-electron chi connectivity index (χ3n) is 5.01. The number of carbonyl (C=O) groups excluding carboxylic acids is 3. The Kier molecular flexibility index (Phi) is 5.21. The second kappa shape index (κ2) is 8.20. The van der Waals surface area contributed by atoms with Gasteiger partial charge in [-0.3, -0.25) is 19.3 Å². The second-order valence-corrected chi connectivity index (χ2v) is 8.38. The van der Waals surface area contributed by atoms with Crippen molar-refractivity contribution in [2.45, 2.75) is 13.8 Å². The Labute approximate surface area is 191 Å². The van der Waals surface area contributed by atoms with Gasteiger partial charge < -0.3 is 14.8 Å². The molecule has 0 spiro atoms. The zero-order valence-corrected chi connectivity index (χ0v) is 18.5. The maximum atomic E-state index is 12.7. The minimum atomic E-state index is -0.513. The van der Waals surface area contributed by atoms with Crippen LogP contribution in [0.5, 0.6) is 11.5 Å². The molecule has 4 heterocycles. The second-order valence-electron chi connectivity index (χ2n) is 7.39. The number of hydrogen-bond donors (Lipinski definition) is 1. The van der Waals surface area contributed by atoms with Gasteiger partial charge in [-0.1, -0.05) is 6.07 Å². The molecule has 0 aliphatic carbocycles. The number of carbonyl (C=O) groups is 3. The molecule has 0 saturated carbocycles. The molecular weight excluding hydrogens is 448 g/mol. The van der Waals surface area contributed by atoms with Gasteiger partial charge in [0.1, 0.15) is 0 Å². The largest absolute Gasteiger partial charge is 0.454 e. The molecule has 11 nitrogen and oxygen atoms in total. The van der Waals surface area contributed by atoms with Crippen LogP contribution in [0.15, 0.2) is 29.2 Å². The van der Waals surface area contributed by atoms with E-state index >= 15 is 0 Å². The summed E-state index contributed by atoms with van der Waals surface area (Å²) >= 11 is 0.849. The molecule has 1 aromatic carbocycles. The van der Waals surface area contributed by atoms with E-state index in [9.17, 15) is 14.4 Å². The predicted molar refractivity (Wildman–Crippen MR) is 118 cm³/mol. The molecule has 0 radical (unpaired) electrons. The van der Waals surface area contributed by atoms with Crippen molar-refractivity contribution in [2.24, 2.45) is 0 Å². The third-order valence-corrected chi connectivity index (χ3v) is 5.92. The van der Waals surface area contributed by atoms with Gasteiger partial charge in [0.25, 0.3) is 22.8 Å². The van der Waals surface area contributed by atoms with Crippen LogP contribution >= 0.6 is 11.8 Å². The van der Waals surface area contributed by atoms with Crippen LogP contribution < -0.4 is 14.8 Å². The first kappa shape index (κ1) is 20.9. The van der Waals surface area contributed by atoms with Crippen LogP contribution in [0.4, 0.5) is 4.79 Å². The number of amides is 3. The van der Waals surface area contributed by atoms with Crippen LogP contribution in [0.3, 0.4) is 0 Å². The number of fused-ring (bicyclic) bond motifs is 2. The SMILES string of the molecule is Cc1cc(C)n2nc(C(=O)NCCN3C(=O)S/C(=C\c4ccc5c(c4)OCO5)C3=O)nc2n1. The van der Waals surface area contributed by atoms with Crippen molar-refractivity contribution in [3.05, 3.63) is 51.9 Å². The van der Waals surface area contributed by atoms with Crippen LogP contribution in [0.25, 0.3) is 11.9 Å². The Hall–Kier alpha value is -3.93. The zero-order chi connectivity index (χ0) is 23.1. The molecule has 0 bridgehead atoms. The van der Waals surface area contributed by atoms with Crippen LogP contribution in [-0.2, 0) is 4.79 Å². The fourth-order valence-electron chi connectivity index (χ4n) is 3.47. The smallest absolute Gasteiger partial charge is 0.293 e. The number of hydrogen-bond acceptors (Lipinski definition) is 9. The molecule has 5 rings (SSSR count). The summed E-state index contributed by atoms with van der Waals surface area (Å²) in [6.07, 6.45) is 1.63. The highest BCUT2D eigenvalue weighted by molar-refractivity contribution is 8.18. The molecule has 3 amide bonds. The molecule has 12 heteroatoms. The molecule has 33 heavy (non-hydrogen) atoms. The quantitative estimate of drug-likeness (QED) is 0.561. The van der Waals surface area contributed by atoms with Crippen LogP contribution in [-0.4, -0.2) is 61.4 Å². The van der Waals surface area contributed by atoms with Gasteiger partial charge in [0.2, 0.25) is 12.6 Å². The number of imide groups is 1. The average molecular weight is 466 g/mol. The van der Waals surface area contributed by atoms with Gasteiger partial charge in [0, 0.05) is 24.5 Å². The monoisotopic (exact) mass is 466 g/mol. The Morgan fingerprint density at radius 1 is 1.18 bits per heavy atom. The van der Waals surface area contributed by atoms with Crippen LogP contribution in [0.2, 0.25) is 0 Å². The van der Waals surface area contributed by atoms with E-state index in [1.807, 2.05) is 19.9 Å². The number of thioether (sulfide) groups is 1. The molecule has 1 N–H and O–H groups in total. The lowest BCUT2D eigenvalue weighted by molar-refractivity contribution is -0.122. The lowest BCUT2D eigenvalue weighted by Gasteiger charge is -2.12. The van der Waals surface area contributed by atoms with Gasteiger partial charge in [-0.15, -0.1) is 5.10 Å². The topological polar surface area (TPSA) is 128 Å². The first-order chi connectivity index (χ1) is 15.9. The standard InChI is InChI=1S/C21H18N6O5S/c1-11-7-12(2)27-20(23-11)24-17(25-27)18(28)22-5-6-26-19(29)16(33-21(26)30)9-13-3-4-14-15(8-13)32-10-31-14/h3-4,7-9H,5-6,10H2,1-2H3,(H,22,28)/b16-9-. The van der Waals surface area contributed by atoms with Gasteiger partial charge in [-0.2, -0.15) is 4.98 Å². The summed E-state index contributed by atoms with van der Waals surface area (Å²) in [5.41, 5.74) is 2.29. The Bertz CT molecular complexity index is 1350. The first-order valence-electron chi connectivity index (χ1n) is 10.0. The van der Waals surface area contributed by atoms with Gasteiger partial charge in [-0.25, -0.2) is 9.50 Å².